The third-order valence-electron chi connectivity index (χ3n) is 3.32. The lowest BCUT2D eigenvalue weighted by atomic mass is 9.90. The molecule has 102 valence electrons. The SMILES string of the molecule is O=C(N[C@@H]1CC=CC[C@@H]1CO)OCc1ccccc1. The van der Waals surface area contributed by atoms with Gasteiger partial charge in [0, 0.05) is 18.6 Å². The van der Waals surface area contributed by atoms with Crippen LogP contribution in [0.1, 0.15) is 18.4 Å². The molecule has 1 aliphatic rings. The molecule has 0 aromatic heterocycles. The number of rotatable bonds is 4. The van der Waals surface area contributed by atoms with Gasteiger partial charge in [0.1, 0.15) is 6.61 Å². The Morgan fingerprint density at radius 3 is 2.74 bits per heavy atom. The number of amides is 1. The first-order valence-electron chi connectivity index (χ1n) is 6.52. The molecule has 1 aromatic rings. The fourth-order valence-electron chi connectivity index (χ4n) is 2.17. The van der Waals surface area contributed by atoms with Crippen LogP contribution in [0.25, 0.3) is 0 Å². The summed E-state index contributed by atoms with van der Waals surface area (Å²) in [7, 11) is 0. The molecular weight excluding hydrogens is 242 g/mol. The number of nitrogens with one attached hydrogen (secondary N) is 1. The highest BCUT2D eigenvalue weighted by Gasteiger charge is 2.23. The highest BCUT2D eigenvalue weighted by molar-refractivity contribution is 5.67. The van der Waals surface area contributed by atoms with Crippen molar-refractivity contribution in [2.45, 2.75) is 25.5 Å². The van der Waals surface area contributed by atoms with Crippen molar-refractivity contribution in [3.05, 3.63) is 48.0 Å². The van der Waals surface area contributed by atoms with Crippen LogP contribution in [0.2, 0.25) is 0 Å². The number of carbonyl (C=O) groups is 1. The fourth-order valence-corrected chi connectivity index (χ4v) is 2.17. The Labute approximate surface area is 113 Å². The second-order valence-electron chi connectivity index (χ2n) is 4.70. The van der Waals surface area contributed by atoms with E-state index < -0.39 is 6.09 Å². The number of alkyl carbamates (subject to hydrolysis) is 1. The molecule has 1 aliphatic carbocycles. The van der Waals surface area contributed by atoms with Gasteiger partial charge in [0.2, 0.25) is 0 Å². The number of ether oxygens (including phenoxy) is 1. The Balaban J connectivity index is 1.79. The molecule has 0 aliphatic heterocycles. The molecule has 2 N–H and O–H groups in total. The van der Waals surface area contributed by atoms with Gasteiger partial charge in [-0.2, -0.15) is 0 Å². The van der Waals surface area contributed by atoms with Crippen LogP contribution in [-0.2, 0) is 11.3 Å². The smallest absolute Gasteiger partial charge is 0.407 e. The van der Waals surface area contributed by atoms with Crippen molar-refractivity contribution in [3.8, 4) is 0 Å². The highest BCUT2D eigenvalue weighted by Crippen LogP contribution is 2.18. The predicted octanol–water partition coefficient (Wildman–Crippen LogP) is 2.24. The van der Waals surface area contributed by atoms with E-state index >= 15 is 0 Å². The maximum Gasteiger partial charge on any atom is 0.407 e. The Hall–Kier alpha value is -1.81. The second-order valence-corrected chi connectivity index (χ2v) is 4.70. The zero-order chi connectivity index (χ0) is 13.5. The van der Waals surface area contributed by atoms with Crippen LogP contribution >= 0.6 is 0 Å². The zero-order valence-electron chi connectivity index (χ0n) is 10.8. The largest absolute Gasteiger partial charge is 0.445 e. The summed E-state index contributed by atoms with van der Waals surface area (Å²) in [6.45, 7) is 0.340. The first-order valence-corrected chi connectivity index (χ1v) is 6.52. The molecule has 2 rings (SSSR count). The minimum Gasteiger partial charge on any atom is -0.445 e. The van der Waals surface area contributed by atoms with E-state index in [-0.39, 0.29) is 25.2 Å². The molecule has 0 saturated heterocycles. The lowest BCUT2D eigenvalue weighted by Gasteiger charge is -2.27. The molecule has 0 heterocycles. The minimum absolute atomic E-state index is 0.0433. The van der Waals surface area contributed by atoms with Gasteiger partial charge in [-0.25, -0.2) is 4.79 Å². The first-order chi connectivity index (χ1) is 9.29. The standard InChI is InChI=1S/C15H19NO3/c17-10-13-8-4-5-9-14(13)16-15(18)19-11-12-6-2-1-3-7-12/h1-7,13-14,17H,8-11H2,(H,16,18)/t13-,14-/m1/s1. The Morgan fingerprint density at radius 1 is 1.26 bits per heavy atom. The second kappa shape index (κ2) is 6.95. The number of carbonyl (C=O) groups excluding carboxylic acids is 1. The van der Waals surface area contributed by atoms with Crippen molar-refractivity contribution >= 4 is 6.09 Å². The van der Waals surface area contributed by atoms with Gasteiger partial charge >= 0.3 is 6.09 Å². The van der Waals surface area contributed by atoms with Crippen molar-refractivity contribution in [3.63, 3.8) is 0 Å². The van der Waals surface area contributed by atoms with E-state index in [9.17, 15) is 9.90 Å². The number of allylic oxidation sites excluding steroid dienone is 1. The van der Waals surface area contributed by atoms with E-state index in [1.807, 2.05) is 42.5 Å². The number of aliphatic hydroxyl groups is 1. The molecule has 0 saturated carbocycles. The lowest BCUT2D eigenvalue weighted by Crippen LogP contribution is -2.42. The summed E-state index contributed by atoms with van der Waals surface area (Å²) in [6.07, 6.45) is 5.16. The molecular formula is C15H19NO3. The average molecular weight is 261 g/mol. The van der Waals surface area contributed by atoms with Crippen molar-refractivity contribution in [1.82, 2.24) is 5.32 Å². The third-order valence-corrected chi connectivity index (χ3v) is 3.32. The van der Waals surface area contributed by atoms with Crippen molar-refractivity contribution in [2.75, 3.05) is 6.61 Å². The molecule has 19 heavy (non-hydrogen) atoms. The molecule has 2 atom stereocenters. The normalized spacial score (nSPS) is 21.9. The van der Waals surface area contributed by atoms with Gasteiger partial charge in [-0.3, -0.25) is 0 Å². The average Bonchev–Trinajstić information content (AvgIpc) is 2.47. The Kier molecular flexibility index (Phi) is 4.98. The van der Waals surface area contributed by atoms with E-state index in [1.54, 1.807) is 0 Å². The molecule has 1 amide bonds. The monoisotopic (exact) mass is 261 g/mol. The maximum absolute atomic E-state index is 11.7. The summed E-state index contributed by atoms with van der Waals surface area (Å²) in [6, 6.07) is 9.51. The Bertz CT molecular complexity index is 430. The summed E-state index contributed by atoms with van der Waals surface area (Å²) in [5.41, 5.74) is 0.958. The topological polar surface area (TPSA) is 58.6 Å². The number of benzene rings is 1. The van der Waals surface area contributed by atoms with Crippen LogP contribution < -0.4 is 5.32 Å². The van der Waals surface area contributed by atoms with Gasteiger partial charge in [0.05, 0.1) is 0 Å². The minimum atomic E-state index is -0.428. The van der Waals surface area contributed by atoms with Crippen molar-refractivity contribution in [2.24, 2.45) is 5.92 Å². The van der Waals surface area contributed by atoms with Gasteiger partial charge in [0.25, 0.3) is 0 Å². The van der Waals surface area contributed by atoms with Crippen molar-refractivity contribution in [1.29, 1.82) is 0 Å². The van der Waals surface area contributed by atoms with Crippen LogP contribution in [0.5, 0.6) is 0 Å². The van der Waals surface area contributed by atoms with Gasteiger partial charge in [-0.1, -0.05) is 42.5 Å². The maximum atomic E-state index is 11.7. The molecule has 0 fully saturated rings. The summed E-state index contributed by atoms with van der Waals surface area (Å²) < 4.78 is 5.17. The van der Waals surface area contributed by atoms with Crippen LogP contribution in [0, 0.1) is 5.92 Å². The van der Waals surface area contributed by atoms with Gasteiger partial charge in [-0.15, -0.1) is 0 Å². The molecule has 0 bridgehead atoms. The zero-order valence-corrected chi connectivity index (χ0v) is 10.8. The van der Waals surface area contributed by atoms with E-state index in [0.29, 0.717) is 0 Å². The van der Waals surface area contributed by atoms with Crippen LogP contribution in [0.15, 0.2) is 42.5 Å². The van der Waals surface area contributed by atoms with E-state index in [4.69, 9.17) is 4.74 Å². The van der Waals surface area contributed by atoms with E-state index in [2.05, 4.69) is 5.32 Å². The van der Waals surface area contributed by atoms with E-state index in [1.165, 1.54) is 0 Å². The van der Waals surface area contributed by atoms with Gasteiger partial charge in [0.15, 0.2) is 0 Å². The molecule has 0 unspecified atom stereocenters. The number of aliphatic hydroxyl groups excluding tert-OH is 1. The van der Waals surface area contributed by atoms with E-state index in [0.717, 1.165) is 18.4 Å². The van der Waals surface area contributed by atoms with Crippen LogP contribution in [0.4, 0.5) is 4.79 Å². The van der Waals surface area contributed by atoms with Gasteiger partial charge in [-0.05, 0) is 18.4 Å². The number of hydrogen-bond acceptors (Lipinski definition) is 3. The van der Waals surface area contributed by atoms with Gasteiger partial charge < -0.3 is 15.2 Å². The summed E-state index contributed by atoms with van der Waals surface area (Å²) in [5, 5.41) is 12.1. The van der Waals surface area contributed by atoms with Crippen LogP contribution in [0.3, 0.4) is 0 Å². The summed E-state index contributed by atoms with van der Waals surface area (Å²) in [4.78, 5) is 11.7. The molecule has 0 spiro atoms. The lowest BCUT2D eigenvalue weighted by molar-refractivity contribution is 0.123. The number of hydrogen-bond donors (Lipinski definition) is 2. The predicted molar refractivity (Wildman–Crippen MR) is 72.5 cm³/mol. The summed E-state index contributed by atoms with van der Waals surface area (Å²) >= 11 is 0. The molecule has 0 radical (unpaired) electrons. The molecule has 1 aromatic carbocycles. The highest BCUT2D eigenvalue weighted by atomic mass is 16.5. The molecule has 4 nitrogen and oxygen atoms in total. The first kappa shape index (κ1) is 13.6. The van der Waals surface area contributed by atoms with Crippen molar-refractivity contribution < 1.29 is 14.6 Å². The van der Waals surface area contributed by atoms with Crippen LogP contribution in [-0.4, -0.2) is 23.8 Å². The third kappa shape index (κ3) is 4.10. The Morgan fingerprint density at radius 2 is 2.00 bits per heavy atom. The quantitative estimate of drug-likeness (QED) is 0.817. The molecule has 4 heteroatoms. The fraction of sp³-hybridized carbons (Fsp3) is 0.400. The summed E-state index contributed by atoms with van der Waals surface area (Å²) in [5.74, 6) is 0.0780.